The summed E-state index contributed by atoms with van der Waals surface area (Å²) in [6.45, 7) is 5.13. The van der Waals surface area contributed by atoms with Gasteiger partial charge in [0.25, 0.3) is 0 Å². The summed E-state index contributed by atoms with van der Waals surface area (Å²) in [5.41, 5.74) is 0. The topological polar surface area (TPSA) is 69.6 Å². The lowest BCUT2D eigenvalue weighted by molar-refractivity contribution is -0.138. The normalized spacial score (nSPS) is 18.8. The Morgan fingerprint density at radius 1 is 1.41 bits per heavy atom. The number of piperidine rings is 1. The maximum absolute atomic E-state index is 11.7. The zero-order chi connectivity index (χ0) is 12.8. The third-order valence-corrected chi connectivity index (χ3v) is 3.31. The molecular weight excluding hydrogens is 220 g/mol. The Kier molecular flexibility index (Phi) is 5.25. The third-order valence-electron chi connectivity index (χ3n) is 3.31. The summed E-state index contributed by atoms with van der Waals surface area (Å²) in [6.07, 6.45) is 4.47. The molecule has 1 fully saturated rings. The predicted molar refractivity (Wildman–Crippen MR) is 64.8 cm³/mol. The van der Waals surface area contributed by atoms with Crippen molar-refractivity contribution in [1.29, 1.82) is 0 Å². The van der Waals surface area contributed by atoms with E-state index < -0.39 is 12.0 Å². The van der Waals surface area contributed by atoms with Gasteiger partial charge in [0.05, 0.1) is 0 Å². The number of amides is 2. The van der Waals surface area contributed by atoms with E-state index in [1.165, 1.54) is 19.8 Å². The smallest absolute Gasteiger partial charge is 0.325 e. The summed E-state index contributed by atoms with van der Waals surface area (Å²) in [4.78, 5) is 24.1. The largest absolute Gasteiger partial charge is 0.480 e. The lowest BCUT2D eigenvalue weighted by Gasteiger charge is -2.32. The van der Waals surface area contributed by atoms with Crippen molar-refractivity contribution < 1.29 is 14.7 Å². The molecule has 1 heterocycles. The summed E-state index contributed by atoms with van der Waals surface area (Å²) >= 11 is 0. The second-order valence-corrected chi connectivity index (χ2v) is 4.73. The van der Waals surface area contributed by atoms with Crippen molar-refractivity contribution in [2.24, 2.45) is 5.92 Å². The average Bonchev–Trinajstić information content (AvgIpc) is 2.30. The van der Waals surface area contributed by atoms with Crippen LogP contribution in [0.5, 0.6) is 0 Å². The molecule has 0 spiro atoms. The van der Waals surface area contributed by atoms with Gasteiger partial charge in [0, 0.05) is 13.1 Å². The average molecular weight is 242 g/mol. The molecule has 0 radical (unpaired) electrons. The number of nitrogens with one attached hydrogen (secondary N) is 1. The maximum Gasteiger partial charge on any atom is 0.325 e. The van der Waals surface area contributed by atoms with E-state index in [0.29, 0.717) is 0 Å². The molecule has 1 saturated heterocycles. The van der Waals surface area contributed by atoms with Crippen LogP contribution in [-0.4, -0.2) is 41.1 Å². The molecule has 5 heteroatoms. The quantitative estimate of drug-likeness (QED) is 0.788. The Hall–Kier alpha value is -1.26. The molecule has 0 aromatic heterocycles. The summed E-state index contributed by atoms with van der Waals surface area (Å²) in [5, 5.41) is 11.2. The van der Waals surface area contributed by atoms with Crippen molar-refractivity contribution >= 4 is 12.0 Å². The molecule has 2 N–H and O–H groups in total. The first kappa shape index (κ1) is 13.8. The van der Waals surface area contributed by atoms with E-state index in [1.54, 1.807) is 4.90 Å². The van der Waals surface area contributed by atoms with Crippen molar-refractivity contribution in [2.75, 3.05) is 13.1 Å². The Labute approximate surface area is 102 Å². The number of aliphatic carboxylic acids is 1. The van der Waals surface area contributed by atoms with Crippen molar-refractivity contribution in [3.05, 3.63) is 0 Å². The van der Waals surface area contributed by atoms with Crippen LogP contribution in [0.2, 0.25) is 0 Å². The van der Waals surface area contributed by atoms with Crippen molar-refractivity contribution in [2.45, 2.75) is 45.6 Å². The van der Waals surface area contributed by atoms with Gasteiger partial charge < -0.3 is 15.3 Å². The van der Waals surface area contributed by atoms with Gasteiger partial charge in [0.1, 0.15) is 6.04 Å². The Morgan fingerprint density at radius 2 is 2.00 bits per heavy atom. The van der Waals surface area contributed by atoms with E-state index in [4.69, 9.17) is 5.11 Å². The second-order valence-electron chi connectivity index (χ2n) is 4.73. The van der Waals surface area contributed by atoms with Gasteiger partial charge in [-0.05, 0) is 25.7 Å². The fraction of sp³-hybridized carbons (Fsp3) is 0.833. The zero-order valence-corrected chi connectivity index (χ0v) is 10.6. The molecule has 98 valence electrons. The first-order valence-electron chi connectivity index (χ1n) is 6.32. The van der Waals surface area contributed by atoms with Gasteiger partial charge in [-0.2, -0.15) is 0 Å². The number of nitrogens with zero attached hydrogens (tertiary/aromatic N) is 1. The minimum absolute atomic E-state index is 0.255. The van der Waals surface area contributed by atoms with Gasteiger partial charge in [-0.15, -0.1) is 0 Å². The summed E-state index contributed by atoms with van der Waals surface area (Å²) in [5.74, 6) is -0.278. The molecule has 1 aliphatic rings. The van der Waals surface area contributed by atoms with Crippen LogP contribution in [-0.2, 0) is 4.79 Å². The van der Waals surface area contributed by atoms with Gasteiger partial charge >= 0.3 is 12.0 Å². The lowest BCUT2D eigenvalue weighted by Crippen LogP contribution is -2.49. The minimum Gasteiger partial charge on any atom is -0.480 e. The molecule has 0 aromatic rings. The number of carboxylic acids is 1. The minimum atomic E-state index is -1.00. The van der Waals surface area contributed by atoms with Crippen LogP contribution in [0.15, 0.2) is 0 Å². The van der Waals surface area contributed by atoms with E-state index in [9.17, 15) is 9.59 Å². The molecule has 17 heavy (non-hydrogen) atoms. The molecule has 5 nitrogen and oxygen atoms in total. The number of urea groups is 1. The summed E-state index contributed by atoms with van der Waals surface area (Å²) in [7, 11) is 0. The van der Waals surface area contributed by atoms with Crippen molar-refractivity contribution in [1.82, 2.24) is 10.2 Å². The van der Waals surface area contributed by atoms with Crippen LogP contribution in [0.1, 0.15) is 39.5 Å². The maximum atomic E-state index is 11.7. The number of hydrogen-bond donors (Lipinski definition) is 2. The molecule has 2 amide bonds. The van der Waals surface area contributed by atoms with Gasteiger partial charge in [0.2, 0.25) is 0 Å². The highest BCUT2D eigenvalue weighted by molar-refractivity contribution is 5.82. The molecule has 0 bridgehead atoms. The number of hydrogen-bond acceptors (Lipinski definition) is 2. The van der Waals surface area contributed by atoms with Crippen molar-refractivity contribution in [3.8, 4) is 0 Å². The first-order valence-corrected chi connectivity index (χ1v) is 6.32. The van der Waals surface area contributed by atoms with Crippen LogP contribution in [0.25, 0.3) is 0 Å². The number of rotatable bonds is 4. The fourth-order valence-corrected chi connectivity index (χ4v) is 2.17. The van der Waals surface area contributed by atoms with Gasteiger partial charge in [-0.25, -0.2) is 4.79 Å². The van der Waals surface area contributed by atoms with Gasteiger partial charge in [-0.3, -0.25) is 4.79 Å². The van der Waals surface area contributed by atoms with E-state index in [0.717, 1.165) is 31.8 Å². The van der Waals surface area contributed by atoms with E-state index in [1.807, 2.05) is 0 Å². The SMILES string of the molecule is CCCC1CCN(C(=O)N[C@H](C)C(=O)O)CC1. The van der Waals surface area contributed by atoms with E-state index in [2.05, 4.69) is 12.2 Å². The highest BCUT2D eigenvalue weighted by atomic mass is 16.4. The molecule has 0 aromatic carbocycles. The standard InChI is InChI=1S/C12H22N2O3/c1-3-4-10-5-7-14(8-6-10)12(17)13-9(2)11(15)16/h9-10H,3-8H2,1-2H3,(H,13,17)(H,15,16)/t9-/m1/s1. The highest BCUT2D eigenvalue weighted by Gasteiger charge is 2.24. The summed E-state index contributed by atoms with van der Waals surface area (Å²) < 4.78 is 0. The van der Waals surface area contributed by atoms with Crippen LogP contribution in [0.3, 0.4) is 0 Å². The Bertz CT molecular complexity index is 273. The Balaban J connectivity index is 2.33. The number of carboxylic acid groups (broad SMARTS) is 1. The predicted octanol–water partition coefficient (Wildman–Crippen LogP) is 1.68. The van der Waals surface area contributed by atoms with Crippen LogP contribution < -0.4 is 5.32 Å². The van der Waals surface area contributed by atoms with E-state index in [-0.39, 0.29) is 6.03 Å². The lowest BCUT2D eigenvalue weighted by atomic mass is 9.93. The highest BCUT2D eigenvalue weighted by Crippen LogP contribution is 2.21. The van der Waals surface area contributed by atoms with Gasteiger partial charge in [-0.1, -0.05) is 19.8 Å². The number of carbonyl (C=O) groups excluding carboxylic acids is 1. The molecule has 1 rings (SSSR count). The van der Waals surface area contributed by atoms with E-state index >= 15 is 0 Å². The first-order chi connectivity index (χ1) is 8.04. The second kappa shape index (κ2) is 6.47. The van der Waals surface area contributed by atoms with Crippen LogP contribution >= 0.6 is 0 Å². The van der Waals surface area contributed by atoms with Crippen molar-refractivity contribution in [3.63, 3.8) is 0 Å². The number of carbonyl (C=O) groups is 2. The Morgan fingerprint density at radius 3 is 2.47 bits per heavy atom. The molecule has 0 saturated carbocycles. The van der Waals surface area contributed by atoms with Crippen LogP contribution in [0, 0.1) is 5.92 Å². The summed E-state index contributed by atoms with van der Waals surface area (Å²) in [6, 6.07) is -1.08. The molecular formula is C12H22N2O3. The molecule has 0 aliphatic carbocycles. The molecule has 1 atom stereocenters. The molecule has 1 aliphatic heterocycles. The molecule has 0 unspecified atom stereocenters. The van der Waals surface area contributed by atoms with Crippen LogP contribution in [0.4, 0.5) is 4.79 Å². The third kappa shape index (κ3) is 4.24. The number of likely N-dealkylation sites (tertiary alicyclic amines) is 1. The van der Waals surface area contributed by atoms with Gasteiger partial charge in [0.15, 0.2) is 0 Å². The monoisotopic (exact) mass is 242 g/mol. The zero-order valence-electron chi connectivity index (χ0n) is 10.6. The fourth-order valence-electron chi connectivity index (χ4n) is 2.17.